The topological polar surface area (TPSA) is 26.0 Å². The fourth-order valence-corrected chi connectivity index (χ4v) is 2.33. The Morgan fingerprint density at radius 1 is 1.50 bits per heavy atom. The predicted molar refractivity (Wildman–Crippen MR) is 55.5 cm³/mol. The second kappa shape index (κ2) is 4.06. The molecule has 0 aliphatic rings. The maximum absolute atomic E-state index is 5.55. The van der Waals surface area contributed by atoms with E-state index in [1.165, 1.54) is 4.88 Å². The standard InChI is InChI=1S/C10H17NS/c1-10(2,5-6-11)8-9-4-3-7-12-9/h3-4,7H,5-6,8,11H2,1-2H3. The van der Waals surface area contributed by atoms with Gasteiger partial charge in [-0.15, -0.1) is 11.3 Å². The van der Waals surface area contributed by atoms with E-state index in [2.05, 4.69) is 31.4 Å². The van der Waals surface area contributed by atoms with Crippen LogP contribution in [0.25, 0.3) is 0 Å². The van der Waals surface area contributed by atoms with Crippen LogP contribution in [0.3, 0.4) is 0 Å². The summed E-state index contributed by atoms with van der Waals surface area (Å²) >= 11 is 1.83. The maximum Gasteiger partial charge on any atom is 0.00505 e. The zero-order chi connectivity index (χ0) is 9.03. The van der Waals surface area contributed by atoms with E-state index in [0.717, 1.165) is 19.4 Å². The summed E-state index contributed by atoms with van der Waals surface area (Å²) in [4.78, 5) is 1.47. The minimum absolute atomic E-state index is 0.361. The third kappa shape index (κ3) is 2.95. The van der Waals surface area contributed by atoms with Gasteiger partial charge in [-0.2, -0.15) is 0 Å². The zero-order valence-corrected chi connectivity index (χ0v) is 8.66. The van der Waals surface area contributed by atoms with Crippen LogP contribution in [0, 0.1) is 5.41 Å². The summed E-state index contributed by atoms with van der Waals surface area (Å²) in [6, 6.07) is 4.31. The molecule has 0 spiro atoms. The first kappa shape index (κ1) is 9.75. The zero-order valence-electron chi connectivity index (χ0n) is 7.84. The van der Waals surface area contributed by atoms with Crippen LogP contribution in [0.1, 0.15) is 25.1 Å². The highest BCUT2D eigenvalue weighted by Crippen LogP contribution is 2.27. The average Bonchev–Trinajstić information content (AvgIpc) is 2.38. The highest BCUT2D eigenvalue weighted by molar-refractivity contribution is 7.09. The molecular formula is C10H17NS. The molecule has 0 bridgehead atoms. The monoisotopic (exact) mass is 183 g/mol. The van der Waals surface area contributed by atoms with E-state index >= 15 is 0 Å². The van der Waals surface area contributed by atoms with Gasteiger partial charge in [0, 0.05) is 4.88 Å². The molecule has 0 fully saturated rings. The normalized spacial score (nSPS) is 11.9. The van der Waals surface area contributed by atoms with Gasteiger partial charge in [-0.3, -0.25) is 0 Å². The highest BCUT2D eigenvalue weighted by atomic mass is 32.1. The number of rotatable bonds is 4. The Morgan fingerprint density at radius 3 is 2.75 bits per heavy atom. The summed E-state index contributed by atoms with van der Waals surface area (Å²) in [6.07, 6.45) is 2.26. The molecule has 1 nitrogen and oxygen atoms in total. The van der Waals surface area contributed by atoms with Gasteiger partial charge >= 0.3 is 0 Å². The summed E-state index contributed by atoms with van der Waals surface area (Å²) in [5, 5.41) is 2.13. The molecule has 0 aliphatic carbocycles. The maximum atomic E-state index is 5.55. The van der Waals surface area contributed by atoms with Gasteiger partial charge in [0.2, 0.25) is 0 Å². The first-order chi connectivity index (χ1) is 5.64. The third-order valence-electron chi connectivity index (χ3n) is 2.05. The van der Waals surface area contributed by atoms with E-state index in [1.807, 2.05) is 11.3 Å². The van der Waals surface area contributed by atoms with Gasteiger partial charge in [0.1, 0.15) is 0 Å². The van der Waals surface area contributed by atoms with Crippen molar-refractivity contribution in [3.63, 3.8) is 0 Å². The summed E-state index contributed by atoms with van der Waals surface area (Å²) in [6.45, 7) is 5.34. The molecule has 0 saturated carbocycles. The number of hydrogen-bond acceptors (Lipinski definition) is 2. The lowest BCUT2D eigenvalue weighted by atomic mass is 9.85. The second-order valence-electron chi connectivity index (χ2n) is 3.96. The third-order valence-corrected chi connectivity index (χ3v) is 2.93. The molecule has 1 aromatic rings. The van der Waals surface area contributed by atoms with Crippen molar-refractivity contribution in [2.75, 3.05) is 6.54 Å². The Morgan fingerprint density at radius 2 is 2.25 bits per heavy atom. The first-order valence-electron chi connectivity index (χ1n) is 4.36. The molecule has 1 rings (SSSR count). The Balaban J connectivity index is 2.50. The molecule has 2 N–H and O–H groups in total. The molecule has 1 heterocycles. The van der Waals surface area contributed by atoms with E-state index in [4.69, 9.17) is 5.73 Å². The van der Waals surface area contributed by atoms with Crippen molar-refractivity contribution >= 4 is 11.3 Å². The van der Waals surface area contributed by atoms with Crippen molar-refractivity contribution in [1.82, 2.24) is 0 Å². The highest BCUT2D eigenvalue weighted by Gasteiger charge is 2.17. The predicted octanol–water partition coefficient (Wildman–Crippen LogP) is 2.67. The Labute approximate surface area is 78.6 Å². The Hall–Kier alpha value is -0.340. The molecule has 0 unspecified atom stereocenters. The largest absolute Gasteiger partial charge is 0.330 e. The van der Waals surface area contributed by atoms with Crippen molar-refractivity contribution in [3.05, 3.63) is 22.4 Å². The molecule has 0 radical (unpaired) electrons. The Bertz CT molecular complexity index is 214. The average molecular weight is 183 g/mol. The van der Waals surface area contributed by atoms with E-state index in [0.29, 0.717) is 5.41 Å². The van der Waals surface area contributed by atoms with Gasteiger partial charge in [-0.1, -0.05) is 19.9 Å². The van der Waals surface area contributed by atoms with Crippen LogP contribution < -0.4 is 5.73 Å². The van der Waals surface area contributed by atoms with Crippen molar-refractivity contribution in [1.29, 1.82) is 0 Å². The van der Waals surface area contributed by atoms with Crippen molar-refractivity contribution in [2.24, 2.45) is 11.1 Å². The molecule has 0 saturated heterocycles. The molecule has 68 valence electrons. The van der Waals surface area contributed by atoms with E-state index in [-0.39, 0.29) is 0 Å². The summed E-state index contributed by atoms with van der Waals surface area (Å²) < 4.78 is 0. The molecule has 1 aromatic heterocycles. The van der Waals surface area contributed by atoms with Crippen LogP contribution in [-0.4, -0.2) is 6.54 Å². The molecule has 12 heavy (non-hydrogen) atoms. The second-order valence-corrected chi connectivity index (χ2v) is 4.99. The number of nitrogens with two attached hydrogens (primary N) is 1. The summed E-state index contributed by atoms with van der Waals surface area (Å²) in [7, 11) is 0. The molecule has 2 heteroatoms. The van der Waals surface area contributed by atoms with Gasteiger partial charge in [0.15, 0.2) is 0 Å². The lowest BCUT2D eigenvalue weighted by Crippen LogP contribution is -2.19. The Kier molecular flexibility index (Phi) is 3.29. The van der Waals surface area contributed by atoms with Gasteiger partial charge in [0.05, 0.1) is 0 Å². The van der Waals surface area contributed by atoms with Crippen LogP contribution in [0.5, 0.6) is 0 Å². The van der Waals surface area contributed by atoms with Gasteiger partial charge in [0.25, 0.3) is 0 Å². The quantitative estimate of drug-likeness (QED) is 0.763. The van der Waals surface area contributed by atoms with Crippen LogP contribution in [0.15, 0.2) is 17.5 Å². The van der Waals surface area contributed by atoms with Gasteiger partial charge in [-0.25, -0.2) is 0 Å². The smallest absolute Gasteiger partial charge is 0.00505 e. The van der Waals surface area contributed by atoms with Crippen LogP contribution >= 0.6 is 11.3 Å². The lowest BCUT2D eigenvalue weighted by Gasteiger charge is -2.22. The lowest BCUT2D eigenvalue weighted by molar-refractivity contribution is 0.341. The summed E-state index contributed by atoms with van der Waals surface area (Å²) in [5.41, 5.74) is 5.91. The van der Waals surface area contributed by atoms with Crippen LogP contribution in [-0.2, 0) is 6.42 Å². The van der Waals surface area contributed by atoms with Gasteiger partial charge < -0.3 is 5.73 Å². The van der Waals surface area contributed by atoms with Gasteiger partial charge in [-0.05, 0) is 36.2 Å². The molecule has 0 atom stereocenters. The SMILES string of the molecule is CC(C)(CCN)Cc1cccs1. The van der Waals surface area contributed by atoms with Crippen molar-refractivity contribution in [3.8, 4) is 0 Å². The molecule has 0 aromatic carbocycles. The van der Waals surface area contributed by atoms with Crippen LogP contribution in [0.2, 0.25) is 0 Å². The molecule has 0 amide bonds. The molecule has 0 aliphatic heterocycles. The van der Waals surface area contributed by atoms with E-state index in [1.54, 1.807) is 0 Å². The summed E-state index contributed by atoms with van der Waals surface area (Å²) in [5.74, 6) is 0. The number of thiophene rings is 1. The minimum atomic E-state index is 0.361. The van der Waals surface area contributed by atoms with Crippen LogP contribution in [0.4, 0.5) is 0 Å². The van der Waals surface area contributed by atoms with E-state index < -0.39 is 0 Å². The molecular weight excluding hydrogens is 166 g/mol. The van der Waals surface area contributed by atoms with E-state index in [9.17, 15) is 0 Å². The van der Waals surface area contributed by atoms with Crippen molar-refractivity contribution in [2.45, 2.75) is 26.7 Å². The number of hydrogen-bond donors (Lipinski definition) is 1. The fourth-order valence-electron chi connectivity index (χ4n) is 1.36. The van der Waals surface area contributed by atoms with Crippen molar-refractivity contribution < 1.29 is 0 Å². The minimum Gasteiger partial charge on any atom is -0.330 e. The first-order valence-corrected chi connectivity index (χ1v) is 5.24. The fraction of sp³-hybridized carbons (Fsp3) is 0.600.